The number of hydrogen-bond acceptors (Lipinski definition) is 11. The number of likely N-dealkylation sites (N-methyl/N-ethyl adjacent to an activating group) is 1. The van der Waals surface area contributed by atoms with Gasteiger partial charge in [0.1, 0.15) is 5.75 Å². The predicted octanol–water partition coefficient (Wildman–Crippen LogP) is -1.46. The molecule has 1 aliphatic heterocycles. The molecule has 188 valence electrons. The summed E-state index contributed by atoms with van der Waals surface area (Å²) in [5.74, 6) is 0.548. The average molecular weight is 553 g/mol. The number of fused-ring (bicyclic) bond motifs is 1. The number of quaternary nitrogens is 1. The highest BCUT2D eigenvalue weighted by atomic mass is 79.9. The Bertz CT molecular complexity index is 846. The van der Waals surface area contributed by atoms with E-state index in [2.05, 4.69) is 42.6 Å². The fourth-order valence-corrected chi connectivity index (χ4v) is 2.73. The molecule has 17 heteroatoms. The second-order valence-corrected chi connectivity index (χ2v) is 6.70. The zero-order valence-corrected chi connectivity index (χ0v) is 18.4. The number of hydrogen-bond donors (Lipinski definition) is 8. The first kappa shape index (κ1) is 30.7. The van der Waals surface area contributed by atoms with E-state index in [0.29, 0.717) is 0 Å². The molecule has 0 aromatic heterocycles. The highest BCUT2D eigenvalue weighted by Gasteiger charge is 2.50. The lowest BCUT2D eigenvalue weighted by Crippen LogP contribution is -2.42. The molecule has 0 radical (unpaired) electrons. The van der Waals surface area contributed by atoms with Crippen molar-refractivity contribution in [1.82, 2.24) is 5.32 Å². The lowest BCUT2D eigenvalue weighted by molar-refractivity contribution is -0.670. The van der Waals surface area contributed by atoms with Crippen molar-refractivity contribution in [2.45, 2.75) is 18.3 Å². The number of benzene rings is 1. The molecule has 0 aliphatic carbocycles. The molecule has 13 nitrogen and oxygen atoms in total. The highest BCUT2D eigenvalue weighted by Crippen LogP contribution is 2.42. The van der Waals surface area contributed by atoms with Gasteiger partial charge in [0.25, 0.3) is 0 Å². The van der Waals surface area contributed by atoms with Gasteiger partial charge in [-0.05, 0) is 25.3 Å². The molecule has 0 saturated heterocycles. The number of alkyl halides is 3. The van der Waals surface area contributed by atoms with Crippen molar-refractivity contribution in [2.75, 3.05) is 20.4 Å². The number of aliphatic carboxylic acids is 1. The maximum atomic E-state index is 13.2. The third-order valence-electron chi connectivity index (χ3n) is 3.39. The van der Waals surface area contributed by atoms with E-state index in [-0.39, 0.29) is 16.6 Å². The standard InChI is InChI=1S/C13H11BrF3NO7.C3H7NO2.H4NO/c14-6-1-5-2-7(11(19)23-4-24-18)10(12(15,16)17)25-9(5)8(3-6)13(20,21)22;1-4-2-3(5)6;1-2/h1-3,10,20-22H,4,18H2;4H,2H2,1H3,(H,5,6);2H,1H3/q;;+1. The smallest absolute Gasteiger partial charge is 0.430 e. The predicted molar refractivity (Wildman–Crippen MR) is 103 cm³/mol. The summed E-state index contributed by atoms with van der Waals surface area (Å²) in [7, 11) is 1.59. The fraction of sp³-hybridized carbons (Fsp3) is 0.375. The summed E-state index contributed by atoms with van der Waals surface area (Å²) >= 11 is 2.99. The van der Waals surface area contributed by atoms with Crippen molar-refractivity contribution in [1.29, 1.82) is 0 Å². The number of carboxylic acids is 1. The molecule has 1 aliphatic rings. The molecule has 11 N–H and O–H groups in total. The third kappa shape index (κ3) is 9.58. The number of halogens is 4. The van der Waals surface area contributed by atoms with Gasteiger partial charge in [0.15, 0.2) is 0 Å². The third-order valence-corrected chi connectivity index (χ3v) is 3.85. The minimum atomic E-state index is -5.04. The van der Waals surface area contributed by atoms with Crippen molar-refractivity contribution < 1.29 is 68.6 Å². The van der Waals surface area contributed by atoms with Crippen LogP contribution in [0.4, 0.5) is 13.2 Å². The maximum Gasteiger partial charge on any atom is 0.430 e. The van der Waals surface area contributed by atoms with Crippen LogP contribution in [0.15, 0.2) is 22.2 Å². The van der Waals surface area contributed by atoms with Crippen LogP contribution in [0.2, 0.25) is 0 Å². The van der Waals surface area contributed by atoms with E-state index in [0.717, 1.165) is 12.1 Å². The van der Waals surface area contributed by atoms with Crippen molar-refractivity contribution in [2.24, 2.45) is 5.90 Å². The summed E-state index contributed by atoms with van der Waals surface area (Å²) in [6, 6.07) is 2.19. The van der Waals surface area contributed by atoms with Crippen molar-refractivity contribution >= 4 is 33.9 Å². The molecule has 0 amide bonds. The fourth-order valence-electron chi connectivity index (χ4n) is 2.26. The zero-order chi connectivity index (χ0) is 26.0. The number of carboxylic acid groups (broad SMARTS) is 1. The van der Waals surface area contributed by atoms with E-state index in [9.17, 15) is 38.1 Å². The summed E-state index contributed by atoms with van der Waals surface area (Å²) < 4.78 is 49.1. The van der Waals surface area contributed by atoms with Gasteiger partial charge in [-0.3, -0.25) is 9.63 Å². The van der Waals surface area contributed by atoms with Gasteiger partial charge in [0.05, 0.1) is 17.7 Å². The minimum absolute atomic E-state index is 0.0417. The van der Waals surface area contributed by atoms with E-state index in [1.54, 1.807) is 7.05 Å². The molecule has 1 unspecified atom stereocenters. The molecule has 0 fully saturated rings. The first-order valence-electron chi connectivity index (χ1n) is 8.35. The summed E-state index contributed by atoms with van der Waals surface area (Å²) in [6.45, 7) is -0.746. The molecule has 1 heterocycles. The summed E-state index contributed by atoms with van der Waals surface area (Å²) in [4.78, 5) is 25.3. The molecule has 2 rings (SSSR count). The number of rotatable bonds is 6. The lowest BCUT2D eigenvalue weighted by atomic mass is 9.98. The number of aliphatic hydroxyl groups is 3. The quantitative estimate of drug-likeness (QED) is 0.115. The van der Waals surface area contributed by atoms with Crippen LogP contribution in [0.25, 0.3) is 6.08 Å². The van der Waals surface area contributed by atoms with Crippen LogP contribution in [0.5, 0.6) is 5.75 Å². The number of nitrogens with two attached hydrogens (primary N) is 1. The van der Waals surface area contributed by atoms with Crippen LogP contribution in [-0.4, -0.2) is 70.2 Å². The summed E-state index contributed by atoms with van der Waals surface area (Å²) in [5, 5.41) is 45.1. The normalized spacial score (nSPS) is 14.9. The molecule has 1 aromatic rings. The van der Waals surface area contributed by atoms with Gasteiger partial charge in [-0.1, -0.05) is 15.9 Å². The summed E-state index contributed by atoms with van der Waals surface area (Å²) in [5.41, 5.74) is -1.80. The van der Waals surface area contributed by atoms with E-state index >= 15 is 0 Å². The molecule has 1 atom stereocenters. The monoisotopic (exact) mass is 552 g/mol. The molecule has 0 saturated carbocycles. The van der Waals surface area contributed by atoms with Crippen molar-refractivity contribution in [3.8, 4) is 5.75 Å². The SMILES string of the molecule is CNCC(=O)O.NOCOC(=O)C1=Cc2cc(Br)cc(C(O)(O)O)c2OC1C(F)(F)F.[NH3+]O. The van der Waals surface area contributed by atoms with Gasteiger partial charge in [-0.25, -0.2) is 21.8 Å². The van der Waals surface area contributed by atoms with Crippen LogP contribution in [-0.2, 0) is 25.1 Å². The lowest BCUT2D eigenvalue weighted by Gasteiger charge is -2.30. The van der Waals surface area contributed by atoms with E-state index in [1.165, 1.54) is 6.07 Å². The number of esters is 1. The molecule has 0 bridgehead atoms. The van der Waals surface area contributed by atoms with Crippen LogP contribution < -0.4 is 21.8 Å². The Morgan fingerprint density at radius 1 is 1.27 bits per heavy atom. The topological polar surface area (TPSA) is 229 Å². The second kappa shape index (κ2) is 13.4. The maximum absolute atomic E-state index is 13.2. The molecule has 33 heavy (non-hydrogen) atoms. The number of ether oxygens (including phenoxy) is 2. The number of nitrogens with one attached hydrogen (secondary N) is 1. The van der Waals surface area contributed by atoms with Gasteiger partial charge in [-0.2, -0.15) is 13.2 Å². The Hall–Kier alpha value is -2.35. The second-order valence-electron chi connectivity index (χ2n) is 5.79. The Kier molecular flexibility index (Phi) is 12.4. The number of carbonyl (C=O) groups excluding carboxylic acids is 1. The molecular formula is C16H22BrF3N3O10+. The minimum Gasteiger partial charge on any atom is -0.480 e. The van der Waals surface area contributed by atoms with Gasteiger partial charge in [0.2, 0.25) is 12.9 Å². The first-order valence-corrected chi connectivity index (χ1v) is 9.14. The Morgan fingerprint density at radius 2 is 1.85 bits per heavy atom. The van der Waals surface area contributed by atoms with E-state index in [1.807, 2.05) is 0 Å². The van der Waals surface area contributed by atoms with Gasteiger partial charge >= 0.3 is 24.1 Å². The first-order chi connectivity index (χ1) is 15.2. The van der Waals surface area contributed by atoms with Gasteiger partial charge in [0, 0.05) is 10.0 Å². The van der Waals surface area contributed by atoms with Crippen molar-refractivity contribution in [3.63, 3.8) is 0 Å². The number of carbonyl (C=O) groups is 2. The Balaban J connectivity index is 0.00000111. The van der Waals surface area contributed by atoms with Crippen LogP contribution in [0.1, 0.15) is 11.1 Å². The highest BCUT2D eigenvalue weighted by molar-refractivity contribution is 9.10. The van der Waals surface area contributed by atoms with Crippen LogP contribution in [0.3, 0.4) is 0 Å². The van der Waals surface area contributed by atoms with Crippen LogP contribution in [0, 0.1) is 0 Å². The van der Waals surface area contributed by atoms with Crippen LogP contribution >= 0.6 is 15.9 Å². The van der Waals surface area contributed by atoms with E-state index < -0.39 is 53.9 Å². The zero-order valence-electron chi connectivity index (χ0n) is 16.8. The average Bonchev–Trinajstić information content (AvgIpc) is 2.70. The summed E-state index contributed by atoms with van der Waals surface area (Å²) in [6.07, 6.45) is -7.03. The van der Waals surface area contributed by atoms with Gasteiger partial charge in [-0.15, -0.1) is 0 Å². The Labute approximate surface area is 192 Å². The Morgan fingerprint density at radius 3 is 2.24 bits per heavy atom. The van der Waals surface area contributed by atoms with E-state index in [4.69, 9.17) is 15.1 Å². The van der Waals surface area contributed by atoms with Crippen molar-refractivity contribution in [3.05, 3.63) is 33.3 Å². The van der Waals surface area contributed by atoms with Gasteiger partial charge < -0.3 is 35.2 Å². The molecule has 1 aromatic carbocycles. The molecule has 0 spiro atoms. The largest absolute Gasteiger partial charge is 0.480 e. The molecular weight excluding hydrogens is 531 g/mol.